The summed E-state index contributed by atoms with van der Waals surface area (Å²) in [6.45, 7) is 7.45. The smallest absolute Gasteiger partial charge is 0.124 e. The molecule has 1 N–H and O–H groups in total. The molecule has 1 aliphatic rings. The van der Waals surface area contributed by atoms with Gasteiger partial charge in [-0.1, -0.05) is 18.2 Å². The zero-order valence-electron chi connectivity index (χ0n) is 14.0. The molecule has 118 valence electrons. The Morgan fingerprint density at radius 3 is 2.57 bits per heavy atom. The SMILES string of the molecule is CNC(c1ccccc1OC(C)C)C1CN(C)CCN1C. The third-order valence-electron chi connectivity index (χ3n) is 4.21. The minimum absolute atomic E-state index is 0.190. The molecule has 0 saturated carbocycles. The monoisotopic (exact) mass is 291 g/mol. The van der Waals surface area contributed by atoms with E-state index in [-0.39, 0.29) is 12.1 Å². The van der Waals surface area contributed by atoms with Gasteiger partial charge in [0.1, 0.15) is 5.75 Å². The van der Waals surface area contributed by atoms with E-state index < -0.39 is 0 Å². The first-order valence-electron chi connectivity index (χ1n) is 7.84. The van der Waals surface area contributed by atoms with Crippen LogP contribution in [0.15, 0.2) is 24.3 Å². The number of hydrogen-bond donors (Lipinski definition) is 1. The Morgan fingerprint density at radius 2 is 1.90 bits per heavy atom. The molecule has 1 aromatic rings. The number of nitrogens with zero attached hydrogens (tertiary/aromatic N) is 2. The van der Waals surface area contributed by atoms with Crippen molar-refractivity contribution in [3.8, 4) is 5.75 Å². The highest BCUT2D eigenvalue weighted by Gasteiger charge is 2.31. The van der Waals surface area contributed by atoms with Gasteiger partial charge in [0, 0.05) is 31.2 Å². The van der Waals surface area contributed by atoms with Gasteiger partial charge < -0.3 is 15.0 Å². The lowest BCUT2D eigenvalue weighted by atomic mass is 9.95. The van der Waals surface area contributed by atoms with Crippen molar-refractivity contribution in [2.45, 2.75) is 32.0 Å². The van der Waals surface area contributed by atoms with Crippen LogP contribution in [0.1, 0.15) is 25.5 Å². The maximum absolute atomic E-state index is 6.01. The van der Waals surface area contributed by atoms with Gasteiger partial charge in [-0.25, -0.2) is 0 Å². The molecule has 0 aliphatic carbocycles. The summed E-state index contributed by atoms with van der Waals surface area (Å²) in [6.07, 6.45) is 0.190. The molecule has 1 saturated heterocycles. The van der Waals surface area contributed by atoms with Crippen LogP contribution in [-0.2, 0) is 0 Å². The van der Waals surface area contributed by atoms with Gasteiger partial charge >= 0.3 is 0 Å². The molecule has 0 radical (unpaired) electrons. The topological polar surface area (TPSA) is 27.7 Å². The lowest BCUT2D eigenvalue weighted by molar-refractivity contribution is 0.0883. The summed E-state index contributed by atoms with van der Waals surface area (Å²) in [5.74, 6) is 0.994. The van der Waals surface area contributed by atoms with Crippen molar-refractivity contribution in [1.29, 1.82) is 0 Å². The molecule has 1 aliphatic heterocycles. The molecule has 2 unspecified atom stereocenters. The van der Waals surface area contributed by atoms with E-state index in [1.807, 2.05) is 13.1 Å². The third kappa shape index (κ3) is 3.96. The molecule has 0 bridgehead atoms. The molecule has 4 heteroatoms. The zero-order chi connectivity index (χ0) is 15.4. The normalized spacial score (nSPS) is 22.5. The van der Waals surface area contributed by atoms with Crippen molar-refractivity contribution in [1.82, 2.24) is 15.1 Å². The number of ether oxygens (including phenoxy) is 1. The van der Waals surface area contributed by atoms with E-state index in [9.17, 15) is 0 Å². The number of benzene rings is 1. The number of para-hydroxylation sites is 1. The number of hydrogen-bond acceptors (Lipinski definition) is 4. The molecule has 21 heavy (non-hydrogen) atoms. The van der Waals surface area contributed by atoms with E-state index in [0.29, 0.717) is 6.04 Å². The van der Waals surface area contributed by atoms with Crippen molar-refractivity contribution < 1.29 is 4.74 Å². The molecule has 0 aromatic heterocycles. The number of nitrogens with one attached hydrogen (secondary N) is 1. The molecule has 1 fully saturated rings. The maximum atomic E-state index is 6.01. The van der Waals surface area contributed by atoms with Gasteiger partial charge in [0.25, 0.3) is 0 Å². The summed E-state index contributed by atoms with van der Waals surface area (Å²) in [5, 5.41) is 3.50. The van der Waals surface area contributed by atoms with Gasteiger partial charge in [0.05, 0.1) is 12.1 Å². The van der Waals surface area contributed by atoms with E-state index in [1.54, 1.807) is 0 Å². The van der Waals surface area contributed by atoms with Gasteiger partial charge in [-0.05, 0) is 41.1 Å². The van der Waals surface area contributed by atoms with Crippen molar-refractivity contribution in [2.75, 3.05) is 40.8 Å². The Morgan fingerprint density at radius 1 is 1.19 bits per heavy atom. The summed E-state index contributed by atoms with van der Waals surface area (Å²) < 4.78 is 6.01. The fourth-order valence-corrected chi connectivity index (χ4v) is 3.06. The van der Waals surface area contributed by atoms with E-state index in [2.05, 4.69) is 61.3 Å². The minimum atomic E-state index is 0.190. The molecule has 0 amide bonds. The zero-order valence-corrected chi connectivity index (χ0v) is 14.0. The van der Waals surface area contributed by atoms with Crippen LogP contribution < -0.4 is 10.1 Å². The van der Waals surface area contributed by atoms with Crippen molar-refractivity contribution >= 4 is 0 Å². The molecule has 4 nitrogen and oxygen atoms in total. The second-order valence-electron chi connectivity index (χ2n) is 6.28. The van der Waals surface area contributed by atoms with Crippen LogP contribution in [-0.4, -0.2) is 62.7 Å². The number of rotatable bonds is 5. The lowest BCUT2D eigenvalue weighted by Crippen LogP contribution is -2.54. The highest BCUT2D eigenvalue weighted by Crippen LogP contribution is 2.30. The average Bonchev–Trinajstić information content (AvgIpc) is 2.44. The first-order chi connectivity index (χ1) is 10.0. The standard InChI is InChI=1S/C17H29N3O/c1-13(2)21-16-9-7-6-8-14(16)17(18-3)15-12-19(4)10-11-20(15)5/h6-9,13,15,17-18H,10-12H2,1-5H3. The predicted octanol–water partition coefficient (Wildman–Crippen LogP) is 1.98. The molecule has 0 spiro atoms. The van der Waals surface area contributed by atoms with Crippen LogP contribution in [0.2, 0.25) is 0 Å². The van der Waals surface area contributed by atoms with Crippen LogP contribution in [0.4, 0.5) is 0 Å². The van der Waals surface area contributed by atoms with E-state index in [1.165, 1.54) is 5.56 Å². The van der Waals surface area contributed by atoms with Gasteiger partial charge in [0.2, 0.25) is 0 Å². The van der Waals surface area contributed by atoms with Crippen LogP contribution in [0.3, 0.4) is 0 Å². The Labute approximate surface area is 129 Å². The predicted molar refractivity (Wildman–Crippen MR) is 87.9 cm³/mol. The molecule has 1 heterocycles. The van der Waals surface area contributed by atoms with Gasteiger partial charge in [-0.15, -0.1) is 0 Å². The second kappa shape index (κ2) is 7.25. The first kappa shape index (κ1) is 16.3. The lowest BCUT2D eigenvalue weighted by Gasteiger charge is -2.42. The Balaban J connectivity index is 2.28. The van der Waals surface area contributed by atoms with E-state index in [0.717, 1.165) is 25.4 Å². The van der Waals surface area contributed by atoms with Crippen LogP contribution >= 0.6 is 0 Å². The van der Waals surface area contributed by atoms with Gasteiger partial charge in [-0.2, -0.15) is 0 Å². The second-order valence-corrected chi connectivity index (χ2v) is 6.28. The molecule has 2 rings (SSSR count). The largest absolute Gasteiger partial charge is 0.491 e. The Kier molecular flexibility index (Phi) is 5.62. The Hall–Kier alpha value is -1.10. The van der Waals surface area contributed by atoms with Crippen molar-refractivity contribution in [3.05, 3.63) is 29.8 Å². The van der Waals surface area contributed by atoms with Crippen LogP contribution in [0.5, 0.6) is 5.75 Å². The van der Waals surface area contributed by atoms with Crippen molar-refractivity contribution in [2.24, 2.45) is 0 Å². The summed E-state index contributed by atoms with van der Waals surface area (Å²) in [7, 11) is 6.45. The fourth-order valence-electron chi connectivity index (χ4n) is 3.06. The first-order valence-corrected chi connectivity index (χ1v) is 7.84. The summed E-state index contributed by atoms with van der Waals surface area (Å²) in [5.41, 5.74) is 1.25. The molecule has 2 atom stereocenters. The highest BCUT2D eigenvalue weighted by molar-refractivity contribution is 5.37. The van der Waals surface area contributed by atoms with Crippen molar-refractivity contribution in [3.63, 3.8) is 0 Å². The molecular formula is C17H29N3O. The third-order valence-corrected chi connectivity index (χ3v) is 4.21. The van der Waals surface area contributed by atoms with Crippen LogP contribution in [0.25, 0.3) is 0 Å². The highest BCUT2D eigenvalue weighted by atomic mass is 16.5. The quantitative estimate of drug-likeness (QED) is 0.898. The van der Waals surface area contributed by atoms with E-state index in [4.69, 9.17) is 4.74 Å². The average molecular weight is 291 g/mol. The Bertz CT molecular complexity index is 449. The summed E-state index contributed by atoms with van der Waals surface area (Å²) in [4.78, 5) is 4.86. The minimum Gasteiger partial charge on any atom is -0.491 e. The summed E-state index contributed by atoms with van der Waals surface area (Å²) in [6, 6.07) is 9.12. The van der Waals surface area contributed by atoms with E-state index >= 15 is 0 Å². The fraction of sp³-hybridized carbons (Fsp3) is 0.647. The maximum Gasteiger partial charge on any atom is 0.124 e. The number of likely N-dealkylation sites (N-methyl/N-ethyl adjacent to an activating group) is 3. The van der Waals surface area contributed by atoms with Gasteiger partial charge in [0.15, 0.2) is 0 Å². The molecule has 1 aromatic carbocycles. The van der Waals surface area contributed by atoms with Crippen LogP contribution in [0, 0.1) is 0 Å². The molecular weight excluding hydrogens is 262 g/mol. The summed E-state index contributed by atoms with van der Waals surface area (Å²) >= 11 is 0. The number of piperazine rings is 1. The van der Waals surface area contributed by atoms with Gasteiger partial charge in [-0.3, -0.25) is 4.90 Å².